The quantitative estimate of drug-likeness (QED) is 0.733. The fourth-order valence-corrected chi connectivity index (χ4v) is 1.45. The lowest BCUT2D eigenvalue weighted by Crippen LogP contribution is -2.29. The van der Waals surface area contributed by atoms with Crippen LogP contribution in [0.2, 0.25) is 0 Å². The number of likely N-dealkylation sites (tertiary alicyclic amines) is 1. The highest BCUT2D eigenvalue weighted by atomic mass is 79.9. The topological polar surface area (TPSA) is 43.7 Å². The Balaban J connectivity index is 0.000000310. The summed E-state index contributed by atoms with van der Waals surface area (Å²) < 4.78 is 0. The van der Waals surface area contributed by atoms with Gasteiger partial charge in [0.1, 0.15) is 0 Å². The van der Waals surface area contributed by atoms with Gasteiger partial charge in [-0.3, -0.25) is 4.90 Å². The molecule has 1 atom stereocenters. The molecule has 0 aromatic heterocycles. The van der Waals surface area contributed by atoms with Crippen LogP contribution in [0.5, 0.6) is 0 Å². The van der Waals surface area contributed by atoms with Crippen molar-refractivity contribution >= 4 is 15.9 Å². The van der Waals surface area contributed by atoms with Crippen molar-refractivity contribution in [2.45, 2.75) is 25.8 Å². The van der Waals surface area contributed by atoms with E-state index in [1.54, 1.807) is 0 Å². The van der Waals surface area contributed by atoms with Crippen LogP contribution in [-0.4, -0.2) is 52.8 Å². The summed E-state index contributed by atoms with van der Waals surface area (Å²) in [7, 11) is 0. The summed E-state index contributed by atoms with van der Waals surface area (Å²) in [6.07, 6.45) is 2.61. The standard InChI is InChI=1S/C7H15NO.C2H5BrO/c1-7-3-2-4-8(7)5-6-9;3-1-2-4/h7,9H,2-6H2,1H3;4H,1-2H2. The zero-order chi connectivity index (χ0) is 10.1. The van der Waals surface area contributed by atoms with Gasteiger partial charge in [0.2, 0.25) is 0 Å². The summed E-state index contributed by atoms with van der Waals surface area (Å²) >= 11 is 3.00. The first-order chi connectivity index (χ1) is 6.26. The Hall–Kier alpha value is 0.360. The van der Waals surface area contributed by atoms with Crippen LogP contribution in [0.3, 0.4) is 0 Å². The molecule has 3 nitrogen and oxygen atoms in total. The average Bonchev–Trinajstić information content (AvgIpc) is 2.53. The second-order valence-corrected chi connectivity index (χ2v) is 3.96. The molecule has 1 aliphatic rings. The van der Waals surface area contributed by atoms with Gasteiger partial charge in [-0.15, -0.1) is 0 Å². The highest BCUT2D eigenvalue weighted by molar-refractivity contribution is 9.09. The zero-order valence-electron chi connectivity index (χ0n) is 8.25. The number of aliphatic hydroxyl groups excluding tert-OH is 2. The number of β-amino-alcohol motifs (C(OH)–C–C–N with tert-alkyl or cyclic N) is 1. The normalized spacial score (nSPS) is 22.6. The van der Waals surface area contributed by atoms with Gasteiger partial charge in [0, 0.05) is 17.9 Å². The van der Waals surface area contributed by atoms with Crippen molar-refractivity contribution in [2.24, 2.45) is 0 Å². The molecule has 0 bridgehead atoms. The van der Waals surface area contributed by atoms with Crippen molar-refractivity contribution in [1.82, 2.24) is 4.90 Å². The molecule has 2 N–H and O–H groups in total. The third-order valence-corrected chi connectivity index (χ3v) is 2.52. The molecule has 80 valence electrons. The minimum atomic E-state index is 0.236. The maximum atomic E-state index is 8.60. The number of nitrogens with zero attached hydrogens (tertiary/aromatic N) is 1. The molecule has 13 heavy (non-hydrogen) atoms. The minimum Gasteiger partial charge on any atom is -0.396 e. The molecule has 0 aliphatic carbocycles. The molecule has 1 unspecified atom stereocenters. The van der Waals surface area contributed by atoms with E-state index in [0.717, 1.165) is 6.54 Å². The molecule has 0 radical (unpaired) electrons. The second kappa shape index (κ2) is 8.94. The van der Waals surface area contributed by atoms with Gasteiger partial charge in [0.25, 0.3) is 0 Å². The fourth-order valence-electron chi connectivity index (χ4n) is 1.45. The summed E-state index contributed by atoms with van der Waals surface area (Å²) in [5.74, 6) is 0. The molecule has 1 fully saturated rings. The van der Waals surface area contributed by atoms with Crippen molar-refractivity contribution in [3.05, 3.63) is 0 Å². The Labute approximate surface area is 88.9 Å². The van der Waals surface area contributed by atoms with Crippen LogP contribution in [0.25, 0.3) is 0 Å². The molecule has 1 saturated heterocycles. The van der Waals surface area contributed by atoms with Crippen LogP contribution < -0.4 is 0 Å². The van der Waals surface area contributed by atoms with Crippen molar-refractivity contribution in [1.29, 1.82) is 0 Å². The van der Waals surface area contributed by atoms with E-state index >= 15 is 0 Å². The Morgan fingerprint density at radius 1 is 1.38 bits per heavy atom. The SMILES string of the molecule is CC1CCCN1CCO.OCCBr. The summed E-state index contributed by atoms with van der Waals surface area (Å²) in [4.78, 5) is 2.33. The minimum absolute atomic E-state index is 0.236. The van der Waals surface area contributed by atoms with E-state index < -0.39 is 0 Å². The van der Waals surface area contributed by atoms with Gasteiger partial charge in [0.15, 0.2) is 0 Å². The molecular formula is C9H20BrNO2. The Bertz CT molecular complexity index is 112. The van der Waals surface area contributed by atoms with Crippen molar-refractivity contribution in [3.8, 4) is 0 Å². The van der Waals surface area contributed by atoms with Crippen molar-refractivity contribution in [2.75, 3.05) is 31.6 Å². The maximum absolute atomic E-state index is 8.60. The van der Waals surface area contributed by atoms with Gasteiger partial charge in [-0.25, -0.2) is 0 Å². The molecule has 0 spiro atoms. The molecule has 0 aromatic carbocycles. The highest BCUT2D eigenvalue weighted by Gasteiger charge is 2.18. The van der Waals surface area contributed by atoms with Gasteiger partial charge in [-0.2, -0.15) is 0 Å². The lowest BCUT2D eigenvalue weighted by molar-refractivity contribution is 0.192. The number of rotatable bonds is 3. The molecule has 4 heteroatoms. The van der Waals surface area contributed by atoms with Crippen molar-refractivity contribution < 1.29 is 10.2 Å². The predicted molar refractivity (Wildman–Crippen MR) is 58.2 cm³/mol. The lowest BCUT2D eigenvalue weighted by atomic mass is 10.2. The molecule has 0 saturated carbocycles. The Morgan fingerprint density at radius 2 is 2.00 bits per heavy atom. The third-order valence-electron chi connectivity index (χ3n) is 2.16. The van der Waals surface area contributed by atoms with Gasteiger partial charge in [-0.05, 0) is 26.3 Å². The average molecular weight is 254 g/mol. The first-order valence-electron chi connectivity index (χ1n) is 4.78. The maximum Gasteiger partial charge on any atom is 0.0558 e. The van der Waals surface area contributed by atoms with Gasteiger partial charge in [0.05, 0.1) is 13.2 Å². The molecule has 0 amide bonds. The van der Waals surface area contributed by atoms with E-state index in [1.807, 2.05) is 0 Å². The summed E-state index contributed by atoms with van der Waals surface area (Å²) in [6, 6.07) is 0.706. The van der Waals surface area contributed by atoms with E-state index in [-0.39, 0.29) is 6.61 Å². The van der Waals surface area contributed by atoms with E-state index in [0.29, 0.717) is 18.0 Å². The lowest BCUT2D eigenvalue weighted by Gasteiger charge is -2.18. The fraction of sp³-hybridized carbons (Fsp3) is 1.00. The Kier molecular flexibility index (Phi) is 9.18. The third kappa shape index (κ3) is 6.43. The number of alkyl halides is 1. The number of aliphatic hydroxyl groups is 2. The first-order valence-corrected chi connectivity index (χ1v) is 5.90. The van der Waals surface area contributed by atoms with Crippen LogP contribution in [0.1, 0.15) is 19.8 Å². The summed E-state index contributed by atoms with van der Waals surface area (Å²) in [5.41, 5.74) is 0. The number of halogens is 1. The van der Waals surface area contributed by atoms with Crippen LogP contribution in [0.4, 0.5) is 0 Å². The van der Waals surface area contributed by atoms with Crippen LogP contribution in [0, 0.1) is 0 Å². The molecule has 0 aromatic rings. The van der Waals surface area contributed by atoms with Crippen LogP contribution >= 0.6 is 15.9 Å². The van der Waals surface area contributed by atoms with Gasteiger partial charge in [-0.1, -0.05) is 15.9 Å². The summed E-state index contributed by atoms with van der Waals surface area (Å²) in [5, 5.41) is 17.1. The van der Waals surface area contributed by atoms with E-state index in [9.17, 15) is 0 Å². The van der Waals surface area contributed by atoms with Crippen LogP contribution in [-0.2, 0) is 0 Å². The van der Waals surface area contributed by atoms with E-state index in [2.05, 4.69) is 27.8 Å². The zero-order valence-corrected chi connectivity index (χ0v) is 9.83. The monoisotopic (exact) mass is 253 g/mol. The van der Waals surface area contributed by atoms with E-state index in [1.165, 1.54) is 19.4 Å². The highest BCUT2D eigenvalue weighted by Crippen LogP contribution is 2.14. The second-order valence-electron chi connectivity index (χ2n) is 3.16. The predicted octanol–water partition coefficient (Wildman–Crippen LogP) is 0.837. The molecule has 1 aliphatic heterocycles. The first kappa shape index (κ1) is 13.4. The number of hydrogen-bond donors (Lipinski definition) is 2. The van der Waals surface area contributed by atoms with Crippen molar-refractivity contribution in [3.63, 3.8) is 0 Å². The Morgan fingerprint density at radius 3 is 2.31 bits per heavy atom. The summed E-state index contributed by atoms with van der Waals surface area (Å²) in [6.45, 7) is 4.82. The largest absolute Gasteiger partial charge is 0.396 e. The van der Waals surface area contributed by atoms with Gasteiger partial charge < -0.3 is 10.2 Å². The van der Waals surface area contributed by atoms with Crippen LogP contribution in [0.15, 0.2) is 0 Å². The molecular weight excluding hydrogens is 234 g/mol. The van der Waals surface area contributed by atoms with Gasteiger partial charge >= 0.3 is 0 Å². The smallest absolute Gasteiger partial charge is 0.0558 e. The molecule has 1 heterocycles. The molecule has 1 rings (SSSR count). The number of hydrogen-bond acceptors (Lipinski definition) is 3. The van der Waals surface area contributed by atoms with E-state index in [4.69, 9.17) is 10.2 Å².